The maximum absolute atomic E-state index is 13.0. The van der Waals surface area contributed by atoms with Crippen molar-refractivity contribution in [1.82, 2.24) is 0 Å². The fourth-order valence-corrected chi connectivity index (χ4v) is 4.30. The minimum Gasteiger partial charge on any atom is -1.00 e. The molecule has 0 heterocycles. The molecule has 0 fully saturated rings. The molecule has 2 aromatic rings. The van der Waals surface area contributed by atoms with Crippen molar-refractivity contribution >= 4 is 31.0 Å². The van der Waals surface area contributed by atoms with E-state index in [0.29, 0.717) is 35.3 Å². The van der Waals surface area contributed by atoms with E-state index in [4.69, 9.17) is 30.5 Å². The molecule has 0 bridgehead atoms. The Hall–Kier alpha value is -1.05. The first-order valence-electron chi connectivity index (χ1n) is 9.62. The van der Waals surface area contributed by atoms with Crippen molar-refractivity contribution in [3.63, 3.8) is 0 Å². The molecule has 0 aliphatic heterocycles. The summed E-state index contributed by atoms with van der Waals surface area (Å²) < 4.78 is 22.6. The number of rotatable bonds is 11. The van der Waals surface area contributed by atoms with Crippen LogP contribution in [-0.2, 0) is 9.47 Å². The van der Waals surface area contributed by atoms with Crippen molar-refractivity contribution in [1.29, 1.82) is 0 Å². The predicted molar refractivity (Wildman–Crippen MR) is 119 cm³/mol. The Labute approximate surface area is 199 Å². The number of carbonyl (C=O) groups is 1. The Bertz CT molecular complexity index is 819. The number of aryl methyl sites for hydroxylation is 1. The molecule has 160 valence electrons. The summed E-state index contributed by atoms with van der Waals surface area (Å²) in [5.41, 5.74) is 1.35. The molecule has 0 amide bonds. The summed E-state index contributed by atoms with van der Waals surface area (Å²) in [6.45, 7) is 10.4. The minimum absolute atomic E-state index is 0. The van der Waals surface area contributed by atoms with E-state index in [9.17, 15) is 4.79 Å². The summed E-state index contributed by atoms with van der Waals surface area (Å²) in [5.74, 6) is 1.14. The monoisotopic (exact) mass is 446 g/mol. The van der Waals surface area contributed by atoms with Crippen LogP contribution in [0.3, 0.4) is 0 Å². The van der Waals surface area contributed by atoms with Crippen LogP contribution in [-0.4, -0.2) is 31.3 Å². The van der Waals surface area contributed by atoms with Gasteiger partial charge in [-0.2, -0.15) is 0 Å². The van der Waals surface area contributed by atoms with Crippen molar-refractivity contribution in [2.45, 2.75) is 47.2 Å². The third kappa shape index (κ3) is 7.89. The zero-order chi connectivity index (χ0) is 21.4. The molecule has 0 aromatic heterocycles. The van der Waals surface area contributed by atoms with Gasteiger partial charge in [-0.05, 0) is 67.0 Å². The molecular weight excluding hydrogens is 418 g/mol. The molecule has 3 unspecified atom stereocenters. The van der Waals surface area contributed by atoms with Gasteiger partial charge in [-0.25, -0.2) is 0 Å². The van der Waals surface area contributed by atoms with Crippen molar-refractivity contribution in [3.8, 4) is 11.5 Å². The second kappa shape index (κ2) is 13.4. The van der Waals surface area contributed by atoms with Gasteiger partial charge in [-0.1, -0.05) is 23.7 Å². The predicted octanol–water partition coefficient (Wildman–Crippen LogP) is 2.43. The molecule has 8 heteroatoms. The van der Waals surface area contributed by atoms with Gasteiger partial charge < -0.3 is 20.4 Å². The second-order valence-corrected chi connectivity index (χ2v) is 7.98. The molecule has 0 N–H and O–H groups in total. The molecule has 5 nitrogen and oxygen atoms in total. The van der Waals surface area contributed by atoms with Gasteiger partial charge in [0.2, 0.25) is 0 Å². The summed E-state index contributed by atoms with van der Waals surface area (Å²) in [6.07, 6.45) is -0.849. The van der Waals surface area contributed by atoms with Crippen LogP contribution >= 0.6 is 20.2 Å². The van der Waals surface area contributed by atoms with Gasteiger partial charge in [-0.3, -0.25) is 4.79 Å². The van der Waals surface area contributed by atoms with E-state index < -0.39 is 12.6 Å². The number of benzene rings is 2. The largest absolute Gasteiger partial charge is 1.00 e. The van der Waals surface area contributed by atoms with E-state index in [1.807, 2.05) is 58.9 Å². The van der Waals surface area contributed by atoms with Crippen molar-refractivity contribution in [3.05, 3.63) is 52.5 Å². The van der Waals surface area contributed by atoms with Crippen LogP contribution in [0.15, 0.2) is 36.4 Å². The minimum atomic E-state index is -0.458. The second-order valence-electron chi connectivity index (χ2n) is 6.33. The van der Waals surface area contributed by atoms with Crippen LogP contribution in [0, 0.1) is 6.92 Å². The zero-order valence-corrected chi connectivity index (χ0v) is 20.2. The molecule has 0 radical (unpaired) electrons. The summed E-state index contributed by atoms with van der Waals surface area (Å²) in [7, 11) is -0.149. The Morgan fingerprint density at radius 1 is 1.07 bits per heavy atom. The number of hydrogen-bond donors (Lipinski definition) is 0. The first kappa shape index (κ1) is 27.0. The van der Waals surface area contributed by atoms with Crippen LogP contribution in [0.5, 0.6) is 11.5 Å². The number of hydrogen-bond acceptors (Lipinski definition) is 5. The van der Waals surface area contributed by atoms with Crippen LogP contribution in [0.1, 0.15) is 45.0 Å². The normalized spacial score (nSPS) is 13.0. The van der Waals surface area contributed by atoms with Gasteiger partial charge in [0.15, 0.2) is 18.1 Å². The fraction of sp³-hybridized carbons (Fsp3) is 0.409. The van der Waals surface area contributed by atoms with Gasteiger partial charge in [0.25, 0.3) is 0 Å². The van der Waals surface area contributed by atoms with Gasteiger partial charge in [0, 0.05) is 30.1 Å². The van der Waals surface area contributed by atoms with Gasteiger partial charge in [0.1, 0.15) is 11.5 Å². The van der Waals surface area contributed by atoms with E-state index in [0.717, 1.165) is 10.9 Å². The molecule has 0 aliphatic carbocycles. The van der Waals surface area contributed by atoms with E-state index in [2.05, 4.69) is 0 Å². The first-order valence-corrected chi connectivity index (χ1v) is 11.0. The van der Waals surface area contributed by atoms with Crippen LogP contribution in [0.25, 0.3) is 0 Å². The summed E-state index contributed by atoms with van der Waals surface area (Å²) >= 11 is 6.27. The smallest absolute Gasteiger partial charge is 1.00 e. The molecule has 0 aliphatic rings. The van der Waals surface area contributed by atoms with Crippen molar-refractivity contribution < 1.29 is 44.0 Å². The van der Waals surface area contributed by atoms with Crippen molar-refractivity contribution in [2.75, 3.05) is 13.2 Å². The average molecular weight is 447 g/mol. The van der Waals surface area contributed by atoms with Crippen molar-refractivity contribution in [2.24, 2.45) is 0 Å². The van der Waals surface area contributed by atoms with Gasteiger partial charge in [0.05, 0.1) is 5.02 Å². The molecule has 0 saturated heterocycles. The quantitative estimate of drug-likeness (QED) is 0.301. The third-order valence-electron chi connectivity index (χ3n) is 4.05. The molecule has 30 heavy (non-hydrogen) atoms. The maximum Gasteiger partial charge on any atom is 1.00 e. The van der Waals surface area contributed by atoms with Crippen LogP contribution < -0.4 is 33.6 Å². The topological polar surface area (TPSA) is 54.0 Å². The SMILES string of the molecule is CCOC(C)Oc1ccc(PC(=O)c2c(C)cccc2Cl)c(OC(C)OCC)c1.[H-].[Li+]. The van der Waals surface area contributed by atoms with E-state index in [1.54, 1.807) is 12.1 Å². The fourth-order valence-electron chi connectivity index (χ4n) is 2.79. The van der Waals surface area contributed by atoms with Crippen LogP contribution in [0.4, 0.5) is 0 Å². The Kier molecular flexibility index (Phi) is 12.0. The van der Waals surface area contributed by atoms with Crippen LogP contribution in [0.2, 0.25) is 5.02 Å². The van der Waals surface area contributed by atoms with Gasteiger partial charge >= 0.3 is 18.9 Å². The van der Waals surface area contributed by atoms with E-state index >= 15 is 0 Å². The third-order valence-corrected chi connectivity index (χ3v) is 5.52. The average Bonchev–Trinajstić information content (AvgIpc) is 2.64. The molecule has 0 saturated carbocycles. The number of ether oxygens (including phenoxy) is 4. The Morgan fingerprint density at radius 2 is 1.70 bits per heavy atom. The summed E-state index contributed by atoms with van der Waals surface area (Å²) in [4.78, 5) is 13.0. The molecule has 2 rings (SSSR count). The molecule has 0 spiro atoms. The zero-order valence-electron chi connectivity index (χ0n) is 19.5. The molecule has 2 aromatic carbocycles. The molecular formula is C22H29ClLiO5P. The summed E-state index contributed by atoms with van der Waals surface area (Å²) in [6, 6.07) is 10.9. The Morgan fingerprint density at radius 3 is 2.30 bits per heavy atom. The number of carbonyl (C=O) groups excluding carboxylic acids is 1. The van der Waals surface area contributed by atoms with E-state index in [1.165, 1.54) is 0 Å². The Balaban J connectivity index is 0.00000450. The number of halogens is 1. The first-order chi connectivity index (χ1) is 13.8. The standard InChI is InChI=1S/C22H28ClO5P.Li.H/c1-6-25-15(4)27-17-11-12-20(19(13-17)28-16(5)26-7-2)29-22(24)21-14(3)9-8-10-18(21)23;;/h8-13,15-16,29H,6-7H2,1-5H3;;/q;+1;-1. The van der Waals surface area contributed by atoms with E-state index in [-0.39, 0.29) is 34.4 Å². The maximum atomic E-state index is 13.0. The molecule has 3 atom stereocenters. The van der Waals surface area contributed by atoms with Gasteiger partial charge in [-0.15, -0.1) is 0 Å². The summed E-state index contributed by atoms with van der Waals surface area (Å²) in [5, 5.41) is 1.22.